The molecule has 1 heterocycles. The van der Waals surface area contributed by atoms with Gasteiger partial charge in [0.2, 0.25) is 0 Å². The van der Waals surface area contributed by atoms with Gasteiger partial charge in [-0.25, -0.2) is 0 Å². The average molecular weight is 298 g/mol. The summed E-state index contributed by atoms with van der Waals surface area (Å²) in [7, 11) is 0. The number of halogens is 1. The van der Waals surface area contributed by atoms with Gasteiger partial charge in [0.25, 0.3) is 11.1 Å². The number of thioether (sulfide) groups is 1. The van der Waals surface area contributed by atoms with E-state index in [1.807, 2.05) is 0 Å². The van der Waals surface area contributed by atoms with Crippen molar-refractivity contribution in [2.75, 3.05) is 6.54 Å². The fourth-order valence-electron chi connectivity index (χ4n) is 1.50. The van der Waals surface area contributed by atoms with E-state index in [4.69, 9.17) is 16.7 Å². The summed E-state index contributed by atoms with van der Waals surface area (Å²) >= 11 is 6.65. The molecule has 1 N–H and O–H groups in total. The Labute approximate surface area is 117 Å². The molecule has 2 rings (SSSR count). The lowest BCUT2D eigenvalue weighted by Crippen LogP contribution is -2.33. The lowest BCUT2D eigenvalue weighted by molar-refractivity contribution is -0.140. The van der Waals surface area contributed by atoms with E-state index >= 15 is 0 Å². The molecule has 1 aromatic rings. The molecule has 1 saturated heterocycles. The number of imide groups is 1. The maximum absolute atomic E-state index is 11.9. The zero-order valence-electron chi connectivity index (χ0n) is 9.50. The number of hydrogen-bond donors (Lipinski definition) is 1. The molecule has 7 heteroatoms. The summed E-state index contributed by atoms with van der Waals surface area (Å²) in [5.41, 5.74) is 0.602. The number of benzene rings is 1. The molecule has 0 aliphatic carbocycles. The number of rotatable bonds is 3. The molecule has 1 fully saturated rings. The first-order valence-electron chi connectivity index (χ1n) is 5.20. The summed E-state index contributed by atoms with van der Waals surface area (Å²) in [5, 5.41) is 8.49. The molecular formula is C12H8ClNO4S. The molecule has 1 aromatic carbocycles. The molecule has 19 heavy (non-hydrogen) atoms. The van der Waals surface area contributed by atoms with Crippen LogP contribution in [0, 0.1) is 0 Å². The van der Waals surface area contributed by atoms with Crippen molar-refractivity contribution >= 4 is 46.6 Å². The van der Waals surface area contributed by atoms with Gasteiger partial charge in [-0.2, -0.15) is 0 Å². The highest BCUT2D eigenvalue weighted by Crippen LogP contribution is 2.33. The minimum absolute atomic E-state index is 0.166. The van der Waals surface area contributed by atoms with Crippen LogP contribution in [-0.4, -0.2) is 33.7 Å². The van der Waals surface area contributed by atoms with Gasteiger partial charge < -0.3 is 5.11 Å². The Kier molecular flexibility index (Phi) is 3.92. The van der Waals surface area contributed by atoms with Crippen molar-refractivity contribution in [3.05, 3.63) is 39.8 Å². The van der Waals surface area contributed by atoms with Gasteiger partial charge >= 0.3 is 5.97 Å². The first-order valence-corrected chi connectivity index (χ1v) is 6.40. The molecule has 1 aliphatic rings. The Balaban J connectivity index is 2.28. The summed E-state index contributed by atoms with van der Waals surface area (Å²) in [6, 6.07) is 6.86. The molecule has 0 bridgehead atoms. The van der Waals surface area contributed by atoms with Crippen LogP contribution in [0.4, 0.5) is 4.79 Å². The molecule has 98 valence electrons. The maximum atomic E-state index is 11.9. The van der Waals surface area contributed by atoms with Gasteiger partial charge in [0.15, 0.2) is 0 Å². The highest BCUT2D eigenvalue weighted by molar-refractivity contribution is 8.18. The number of carbonyl (C=O) groups is 3. The minimum Gasteiger partial charge on any atom is -0.480 e. The average Bonchev–Trinajstić information content (AvgIpc) is 2.60. The third-order valence-electron chi connectivity index (χ3n) is 2.36. The van der Waals surface area contributed by atoms with Crippen molar-refractivity contribution in [2.45, 2.75) is 0 Å². The SMILES string of the molecule is O=C(O)CN1C(=O)S/C(=C/c2ccccc2Cl)C1=O. The summed E-state index contributed by atoms with van der Waals surface area (Å²) in [6.07, 6.45) is 1.48. The largest absolute Gasteiger partial charge is 0.480 e. The van der Waals surface area contributed by atoms with Gasteiger partial charge in [-0.05, 0) is 29.5 Å². The molecule has 0 spiro atoms. The molecule has 0 aromatic heterocycles. The van der Waals surface area contributed by atoms with E-state index < -0.39 is 23.7 Å². The van der Waals surface area contributed by atoms with E-state index in [1.54, 1.807) is 24.3 Å². The highest BCUT2D eigenvalue weighted by atomic mass is 35.5. The molecule has 2 amide bonds. The van der Waals surface area contributed by atoms with E-state index in [9.17, 15) is 14.4 Å². The van der Waals surface area contributed by atoms with E-state index in [-0.39, 0.29) is 4.91 Å². The van der Waals surface area contributed by atoms with Crippen LogP contribution in [0.2, 0.25) is 5.02 Å². The number of carbonyl (C=O) groups excluding carboxylic acids is 2. The second-order valence-corrected chi connectivity index (χ2v) is 5.08. The summed E-state index contributed by atoms with van der Waals surface area (Å²) < 4.78 is 0. The molecule has 0 radical (unpaired) electrons. The van der Waals surface area contributed by atoms with Crippen molar-refractivity contribution in [1.82, 2.24) is 4.90 Å². The van der Waals surface area contributed by atoms with Crippen LogP contribution < -0.4 is 0 Å². The standard InChI is InChI=1S/C12H8ClNO4S/c13-8-4-2-1-3-7(8)5-9-11(17)14(6-10(15)16)12(18)19-9/h1-5H,6H2,(H,15,16)/b9-5+. The van der Waals surface area contributed by atoms with E-state index in [0.717, 1.165) is 0 Å². The maximum Gasteiger partial charge on any atom is 0.323 e. The van der Waals surface area contributed by atoms with Gasteiger partial charge in [0.1, 0.15) is 6.54 Å². The van der Waals surface area contributed by atoms with Gasteiger partial charge in [-0.3, -0.25) is 19.3 Å². The Hall–Kier alpha value is -1.79. The summed E-state index contributed by atoms with van der Waals surface area (Å²) in [6.45, 7) is -0.634. The monoisotopic (exact) mass is 297 g/mol. The second kappa shape index (κ2) is 5.46. The van der Waals surface area contributed by atoms with Crippen molar-refractivity contribution in [3.8, 4) is 0 Å². The van der Waals surface area contributed by atoms with Crippen molar-refractivity contribution in [2.24, 2.45) is 0 Å². The second-order valence-electron chi connectivity index (χ2n) is 3.68. The lowest BCUT2D eigenvalue weighted by Gasteiger charge is -2.07. The van der Waals surface area contributed by atoms with Crippen LogP contribution in [0.5, 0.6) is 0 Å². The molecule has 0 atom stereocenters. The van der Waals surface area contributed by atoms with Crippen LogP contribution in [0.1, 0.15) is 5.56 Å². The quantitative estimate of drug-likeness (QED) is 0.867. The number of carboxylic acid groups (broad SMARTS) is 1. The Morgan fingerprint density at radius 1 is 1.37 bits per heavy atom. The van der Waals surface area contributed by atoms with Gasteiger partial charge in [-0.15, -0.1) is 0 Å². The molecule has 0 saturated carbocycles. The number of nitrogens with zero attached hydrogens (tertiary/aromatic N) is 1. The fourth-order valence-corrected chi connectivity index (χ4v) is 2.52. The van der Waals surface area contributed by atoms with Gasteiger partial charge in [0.05, 0.1) is 4.91 Å². The predicted molar refractivity (Wildman–Crippen MR) is 71.8 cm³/mol. The molecule has 1 aliphatic heterocycles. The predicted octanol–water partition coefficient (Wildman–Crippen LogP) is 2.46. The Bertz CT molecular complexity index is 599. The smallest absolute Gasteiger partial charge is 0.323 e. The number of aliphatic carboxylic acids is 1. The summed E-state index contributed by atoms with van der Waals surface area (Å²) in [4.78, 5) is 34.8. The Morgan fingerprint density at radius 2 is 2.05 bits per heavy atom. The van der Waals surface area contributed by atoms with Crippen molar-refractivity contribution in [1.29, 1.82) is 0 Å². The highest BCUT2D eigenvalue weighted by Gasteiger charge is 2.36. The third-order valence-corrected chi connectivity index (χ3v) is 3.61. The first-order chi connectivity index (χ1) is 8.99. The lowest BCUT2D eigenvalue weighted by atomic mass is 10.2. The molecular weight excluding hydrogens is 290 g/mol. The zero-order valence-corrected chi connectivity index (χ0v) is 11.1. The van der Waals surface area contributed by atoms with Crippen LogP contribution in [-0.2, 0) is 9.59 Å². The summed E-state index contributed by atoms with van der Waals surface area (Å²) in [5.74, 6) is -1.85. The number of carboxylic acids is 1. The van der Waals surface area contributed by atoms with Crippen LogP contribution in [0.25, 0.3) is 6.08 Å². The molecule has 5 nitrogen and oxygen atoms in total. The van der Waals surface area contributed by atoms with Crippen LogP contribution in [0.15, 0.2) is 29.2 Å². The van der Waals surface area contributed by atoms with E-state index in [1.165, 1.54) is 6.08 Å². The minimum atomic E-state index is -1.23. The molecule has 0 unspecified atom stereocenters. The third kappa shape index (κ3) is 2.97. The number of amides is 2. The zero-order chi connectivity index (χ0) is 14.0. The fraction of sp³-hybridized carbons (Fsp3) is 0.0833. The van der Waals surface area contributed by atoms with Crippen LogP contribution >= 0.6 is 23.4 Å². The number of hydrogen-bond acceptors (Lipinski definition) is 4. The van der Waals surface area contributed by atoms with E-state index in [2.05, 4.69) is 0 Å². The Morgan fingerprint density at radius 3 is 2.68 bits per heavy atom. The topological polar surface area (TPSA) is 74.7 Å². The van der Waals surface area contributed by atoms with Crippen molar-refractivity contribution in [3.63, 3.8) is 0 Å². The van der Waals surface area contributed by atoms with Crippen LogP contribution in [0.3, 0.4) is 0 Å². The van der Waals surface area contributed by atoms with E-state index in [0.29, 0.717) is 27.2 Å². The van der Waals surface area contributed by atoms with Gasteiger partial charge in [-0.1, -0.05) is 29.8 Å². The van der Waals surface area contributed by atoms with Crippen molar-refractivity contribution < 1.29 is 19.5 Å². The normalized spacial score (nSPS) is 17.3. The van der Waals surface area contributed by atoms with Gasteiger partial charge in [0, 0.05) is 5.02 Å². The first kappa shape index (κ1) is 13.6.